The van der Waals surface area contributed by atoms with Crippen molar-refractivity contribution in [2.24, 2.45) is 0 Å². The van der Waals surface area contributed by atoms with Crippen LogP contribution in [0, 0.1) is 0 Å². The number of carbonyl (C=O) groups excluding carboxylic acids is 1. The van der Waals surface area contributed by atoms with Gasteiger partial charge in [-0.3, -0.25) is 4.79 Å². The lowest BCUT2D eigenvalue weighted by molar-refractivity contribution is -0.139. The predicted octanol–water partition coefficient (Wildman–Crippen LogP) is 4.12. The Labute approximate surface area is 175 Å². The number of nitrogens with one attached hydrogen (secondary N) is 1. The van der Waals surface area contributed by atoms with Crippen LogP contribution in [0.1, 0.15) is 22.7 Å². The molecule has 0 aliphatic carbocycles. The first-order chi connectivity index (χ1) is 13.9. The fourth-order valence-electron chi connectivity index (χ4n) is 2.88. The number of ether oxygens (including phenoxy) is 1. The molecule has 1 N–H and O–H groups in total. The van der Waals surface area contributed by atoms with Crippen molar-refractivity contribution in [3.8, 4) is 0 Å². The monoisotopic (exact) mass is 429 g/mol. The van der Waals surface area contributed by atoms with E-state index in [1.807, 2.05) is 30.3 Å². The molecule has 3 rings (SSSR count). The largest absolute Gasteiger partial charge is 0.469 e. The molecule has 0 radical (unpaired) electrons. The lowest BCUT2D eigenvalue weighted by Gasteiger charge is -2.20. The third-order valence-corrected chi connectivity index (χ3v) is 6.11. The Bertz CT molecular complexity index is 1070. The fourth-order valence-corrected chi connectivity index (χ4v) is 4.22. The predicted molar refractivity (Wildman–Crippen MR) is 112 cm³/mol. The van der Waals surface area contributed by atoms with E-state index in [1.165, 1.54) is 31.4 Å². The number of benzene rings is 3. The normalized spacial score (nSPS) is 12.3. The molecular formula is C22H20ClNO4S. The number of carbonyl (C=O) groups is 1. The maximum absolute atomic E-state index is 12.9. The van der Waals surface area contributed by atoms with Gasteiger partial charge in [-0.2, -0.15) is 4.72 Å². The highest BCUT2D eigenvalue weighted by Gasteiger charge is 2.23. The van der Waals surface area contributed by atoms with Crippen molar-refractivity contribution in [2.75, 3.05) is 7.11 Å². The number of hydrogen-bond donors (Lipinski definition) is 1. The maximum atomic E-state index is 12.9. The standard InChI is InChI=1S/C22H20ClNO4S/c1-28-21(25)15-16-7-9-18(10-8-16)22(17-5-3-2-4-6-17)24-29(26,27)20-13-11-19(23)12-14-20/h2-14,22,24H,15H2,1H3. The van der Waals surface area contributed by atoms with Crippen LogP contribution in [0.3, 0.4) is 0 Å². The summed E-state index contributed by atoms with van der Waals surface area (Å²) in [4.78, 5) is 11.6. The SMILES string of the molecule is COC(=O)Cc1ccc(C(NS(=O)(=O)c2ccc(Cl)cc2)c2ccccc2)cc1. The Balaban J connectivity index is 1.93. The average molecular weight is 430 g/mol. The average Bonchev–Trinajstić information content (AvgIpc) is 2.73. The minimum absolute atomic E-state index is 0.130. The van der Waals surface area contributed by atoms with Gasteiger partial charge in [-0.25, -0.2) is 8.42 Å². The van der Waals surface area contributed by atoms with Crippen LogP contribution < -0.4 is 4.72 Å². The minimum atomic E-state index is -3.79. The van der Waals surface area contributed by atoms with E-state index in [1.54, 1.807) is 24.3 Å². The van der Waals surface area contributed by atoms with E-state index in [2.05, 4.69) is 9.46 Å². The van der Waals surface area contributed by atoms with Crippen LogP contribution in [-0.4, -0.2) is 21.5 Å². The second-order valence-corrected chi connectivity index (χ2v) is 8.56. The Morgan fingerprint density at radius 3 is 2.10 bits per heavy atom. The molecule has 0 aliphatic heterocycles. The Kier molecular flexibility index (Phi) is 6.69. The van der Waals surface area contributed by atoms with E-state index in [4.69, 9.17) is 11.6 Å². The Hall–Kier alpha value is -2.67. The van der Waals surface area contributed by atoms with Crippen LogP contribution in [-0.2, 0) is 26.0 Å². The molecule has 0 amide bonds. The lowest BCUT2D eigenvalue weighted by atomic mass is 9.98. The molecule has 29 heavy (non-hydrogen) atoms. The van der Waals surface area contributed by atoms with Crippen LogP contribution in [0.25, 0.3) is 0 Å². The van der Waals surface area contributed by atoms with E-state index in [-0.39, 0.29) is 17.3 Å². The highest BCUT2D eigenvalue weighted by atomic mass is 35.5. The van der Waals surface area contributed by atoms with Crippen molar-refractivity contribution >= 4 is 27.6 Å². The summed E-state index contributed by atoms with van der Waals surface area (Å²) in [6.45, 7) is 0. The third kappa shape index (κ3) is 5.44. The molecule has 150 valence electrons. The second kappa shape index (κ2) is 9.22. The van der Waals surface area contributed by atoms with E-state index >= 15 is 0 Å². The second-order valence-electron chi connectivity index (χ2n) is 6.41. The summed E-state index contributed by atoms with van der Waals surface area (Å²) < 4.78 is 33.3. The van der Waals surface area contributed by atoms with Crippen molar-refractivity contribution in [2.45, 2.75) is 17.4 Å². The fraction of sp³-hybridized carbons (Fsp3) is 0.136. The zero-order valence-electron chi connectivity index (χ0n) is 15.7. The Morgan fingerprint density at radius 2 is 1.52 bits per heavy atom. The number of methoxy groups -OCH3 is 1. The minimum Gasteiger partial charge on any atom is -0.469 e. The molecule has 0 aromatic heterocycles. The summed E-state index contributed by atoms with van der Waals surface area (Å²) in [7, 11) is -2.45. The summed E-state index contributed by atoms with van der Waals surface area (Å²) in [5.74, 6) is -0.333. The molecule has 5 nitrogen and oxygen atoms in total. The van der Waals surface area contributed by atoms with Gasteiger partial charge in [0.25, 0.3) is 0 Å². The lowest BCUT2D eigenvalue weighted by Crippen LogP contribution is -2.29. The quantitative estimate of drug-likeness (QED) is 0.573. The number of halogens is 1. The van der Waals surface area contributed by atoms with Gasteiger partial charge < -0.3 is 4.74 Å². The summed E-state index contributed by atoms with van der Waals surface area (Å²) in [6.07, 6.45) is 0.156. The third-order valence-electron chi connectivity index (χ3n) is 4.42. The van der Waals surface area contributed by atoms with Gasteiger partial charge in [0.05, 0.1) is 24.5 Å². The molecule has 3 aromatic rings. The van der Waals surface area contributed by atoms with Crippen LogP contribution in [0.15, 0.2) is 83.8 Å². The van der Waals surface area contributed by atoms with Gasteiger partial charge in [0.15, 0.2) is 0 Å². The molecule has 0 saturated carbocycles. The van der Waals surface area contributed by atoms with E-state index < -0.39 is 16.1 Å². The van der Waals surface area contributed by atoms with Crippen molar-refractivity contribution in [3.05, 3.63) is 101 Å². The van der Waals surface area contributed by atoms with Gasteiger partial charge in [0, 0.05) is 5.02 Å². The molecule has 0 heterocycles. The topological polar surface area (TPSA) is 72.5 Å². The highest BCUT2D eigenvalue weighted by molar-refractivity contribution is 7.89. The zero-order valence-corrected chi connectivity index (χ0v) is 17.3. The molecule has 0 saturated heterocycles. The van der Waals surface area contributed by atoms with Gasteiger partial charge in [-0.1, -0.05) is 66.2 Å². The first-order valence-corrected chi connectivity index (χ1v) is 10.7. The van der Waals surface area contributed by atoms with Gasteiger partial charge in [0.2, 0.25) is 10.0 Å². The molecule has 3 aromatic carbocycles. The molecule has 0 fully saturated rings. The molecule has 1 unspecified atom stereocenters. The summed E-state index contributed by atoms with van der Waals surface area (Å²) in [5.41, 5.74) is 2.33. The molecule has 7 heteroatoms. The molecule has 0 spiro atoms. The first-order valence-electron chi connectivity index (χ1n) is 8.87. The molecule has 0 aliphatic rings. The van der Waals surface area contributed by atoms with Crippen LogP contribution in [0.2, 0.25) is 5.02 Å². The summed E-state index contributed by atoms with van der Waals surface area (Å²) in [5, 5.41) is 0.463. The van der Waals surface area contributed by atoms with Crippen LogP contribution in [0.5, 0.6) is 0 Å². The van der Waals surface area contributed by atoms with E-state index in [0.717, 1.165) is 16.7 Å². The van der Waals surface area contributed by atoms with Gasteiger partial charge in [-0.05, 0) is 41.0 Å². The van der Waals surface area contributed by atoms with Crippen molar-refractivity contribution < 1.29 is 17.9 Å². The first kappa shape index (κ1) is 21.0. The molecule has 1 atom stereocenters. The smallest absolute Gasteiger partial charge is 0.309 e. The van der Waals surface area contributed by atoms with Gasteiger partial charge >= 0.3 is 5.97 Å². The maximum Gasteiger partial charge on any atom is 0.309 e. The van der Waals surface area contributed by atoms with Gasteiger partial charge in [0.1, 0.15) is 0 Å². The van der Waals surface area contributed by atoms with Crippen molar-refractivity contribution in [3.63, 3.8) is 0 Å². The van der Waals surface area contributed by atoms with Gasteiger partial charge in [-0.15, -0.1) is 0 Å². The summed E-state index contributed by atoms with van der Waals surface area (Å²) in [6, 6.07) is 21.9. The van der Waals surface area contributed by atoms with Crippen LogP contribution in [0.4, 0.5) is 0 Å². The molecule has 0 bridgehead atoms. The highest BCUT2D eigenvalue weighted by Crippen LogP contribution is 2.25. The van der Waals surface area contributed by atoms with E-state index in [9.17, 15) is 13.2 Å². The number of hydrogen-bond acceptors (Lipinski definition) is 4. The van der Waals surface area contributed by atoms with Crippen molar-refractivity contribution in [1.82, 2.24) is 4.72 Å². The number of sulfonamides is 1. The van der Waals surface area contributed by atoms with E-state index in [0.29, 0.717) is 5.02 Å². The molecular weight excluding hydrogens is 410 g/mol. The number of esters is 1. The Morgan fingerprint density at radius 1 is 0.931 bits per heavy atom. The summed E-state index contributed by atoms with van der Waals surface area (Å²) >= 11 is 5.87. The van der Waals surface area contributed by atoms with Crippen LogP contribution >= 0.6 is 11.6 Å². The number of rotatable bonds is 7. The zero-order chi connectivity index (χ0) is 20.9. The van der Waals surface area contributed by atoms with Crippen molar-refractivity contribution in [1.29, 1.82) is 0 Å².